The van der Waals surface area contributed by atoms with Gasteiger partial charge in [0.25, 0.3) is 0 Å². The lowest BCUT2D eigenvalue weighted by molar-refractivity contribution is 0.407. The van der Waals surface area contributed by atoms with Crippen molar-refractivity contribution in [2.75, 3.05) is 6.54 Å². The molecule has 0 radical (unpaired) electrons. The van der Waals surface area contributed by atoms with Crippen LogP contribution in [0, 0.1) is 5.41 Å². The highest BCUT2D eigenvalue weighted by Crippen LogP contribution is 2.19. The van der Waals surface area contributed by atoms with Crippen molar-refractivity contribution in [3.63, 3.8) is 0 Å². The van der Waals surface area contributed by atoms with E-state index >= 15 is 0 Å². The van der Waals surface area contributed by atoms with E-state index in [1.54, 1.807) is 13.1 Å². The van der Waals surface area contributed by atoms with E-state index in [2.05, 4.69) is 4.72 Å². The van der Waals surface area contributed by atoms with Gasteiger partial charge in [0.05, 0.1) is 10.4 Å². The zero-order valence-corrected chi connectivity index (χ0v) is 12.7. The lowest BCUT2D eigenvalue weighted by Crippen LogP contribution is -2.32. The van der Waals surface area contributed by atoms with Crippen molar-refractivity contribution >= 4 is 21.1 Å². The van der Waals surface area contributed by atoms with Gasteiger partial charge in [0.1, 0.15) is 0 Å². The molecular formula is C13H18N2O4S. The van der Waals surface area contributed by atoms with E-state index in [1.165, 1.54) is 16.7 Å². The number of aromatic nitrogens is 1. The summed E-state index contributed by atoms with van der Waals surface area (Å²) in [5, 5.41) is 0. The number of fused-ring (bicyclic) bond motifs is 1. The number of sulfonamides is 1. The minimum absolute atomic E-state index is 0.0867. The quantitative estimate of drug-likeness (QED) is 0.930. The van der Waals surface area contributed by atoms with Gasteiger partial charge >= 0.3 is 5.76 Å². The first-order chi connectivity index (χ1) is 9.10. The average Bonchev–Trinajstić information content (AvgIpc) is 2.62. The Morgan fingerprint density at radius 3 is 2.55 bits per heavy atom. The van der Waals surface area contributed by atoms with Crippen LogP contribution in [0.1, 0.15) is 20.8 Å². The molecule has 6 nitrogen and oxygen atoms in total. The van der Waals surface area contributed by atoms with Gasteiger partial charge in [-0.15, -0.1) is 0 Å². The zero-order valence-electron chi connectivity index (χ0n) is 11.9. The molecule has 1 N–H and O–H groups in total. The van der Waals surface area contributed by atoms with Gasteiger partial charge in [-0.2, -0.15) is 0 Å². The van der Waals surface area contributed by atoms with Crippen molar-refractivity contribution in [1.82, 2.24) is 9.29 Å². The van der Waals surface area contributed by atoms with Gasteiger partial charge in [0, 0.05) is 19.7 Å². The number of oxazole rings is 1. The molecule has 0 spiro atoms. The third-order valence-electron chi connectivity index (χ3n) is 2.87. The fraction of sp³-hybridized carbons (Fsp3) is 0.462. The van der Waals surface area contributed by atoms with Crippen LogP contribution in [0.5, 0.6) is 0 Å². The second-order valence-corrected chi connectivity index (χ2v) is 7.71. The predicted molar refractivity (Wildman–Crippen MR) is 76.1 cm³/mol. The van der Waals surface area contributed by atoms with Gasteiger partial charge in [-0.3, -0.25) is 4.57 Å². The molecule has 7 heteroatoms. The Morgan fingerprint density at radius 1 is 1.30 bits per heavy atom. The summed E-state index contributed by atoms with van der Waals surface area (Å²) < 4.78 is 33.2. The van der Waals surface area contributed by atoms with E-state index in [9.17, 15) is 13.2 Å². The Labute approximate surface area is 117 Å². The van der Waals surface area contributed by atoms with E-state index in [-0.39, 0.29) is 15.9 Å². The summed E-state index contributed by atoms with van der Waals surface area (Å²) in [5.41, 5.74) is 0.664. The molecule has 0 saturated heterocycles. The van der Waals surface area contributed by atoms with Crippen molar-refractivity contribution in [3.05, 3.63) is 28.7 Å². The molecule has 0 unspecified atom stereocenters. The van der Waals surface area contributed by atoms with E-state index in [4.69, 9.17) is 4.42 Å². The predicted octanol–water partition coefficient (Wildman–Crippen LogP) is 1.46. The number of nitrogens with zero attached hydrogens (tertiary/aromatic N) is 1. The Morgan fingerprint density at radius 2 is 1.95 bits per heavy atom. The summed E-state index contributed by atoms with van der Waals surface area (Å²) >= 11 is 0. The maximum atomic E-state index is 12.2. The maximum Gasteiger partial charge on any atom is 0.419 e. The molecule has 2 rings (SSSR count). The molecule has 0 aliphatic heterocycles. The molecule has 0 fully saturated rings. The van der Waals surface area contributed by atoms with Crippen LogP contribution in [0.3, 0.4) is 0 Å². The van der Waals surface area contributed by atoms with Crippen LogP contribution in [0.2, 0.25) is 0 Å². The normalized spacial score (nSPS) is 13.0. The number of benzene rings is 1. The number of rotatable bonds is 3. The average molecular weight is 298 g/mol. The fourth-order valence-corrected chi connectivity index (χ4v) is 2.98. The van der Waals surface area contributed by atoms with Gasteiger partial charge < -0.3 is 4.42 Å². The van der Waals surface area contributed by atoms with Crippen LogP contribution in [0.25, 0.3) is 11.1 Å². The van der Waals surface area contributed by atoms with Crippen molar-refractivity contribution < 1.29 is 12.8 Å². The van der Waals surface area contributed by atoms with Crippen LogP contribution in [-0.4, -0.2) is 19.5 Å². The molecule has 0 amide bonds. The van der Waals surface area contributed by atoms with Crippen molar-refractivity contribution in [3.8, 4) is 0 Å². The molecule has 0 atom stereocenters. The van der Waals surface area contributed by atoms with Crippen LogP contribution in [0.4, 0.5) is 0 Å². The van der Waals surface area contributed by atoms with Crippen molar-refractivity contribution in [2.24, 2.45) is 12.5 Å². The van der Waals surface area contributed by atoms with Crippen LogP contribution >= 0.6 is 0 Å². The molecule has 1 heterocycles. The van der Waals surface area contributed by atoms with Gasteiger partial charge in [0.15, 0.2) is 5.58 Å². The number of hydrogen-bond donors (Lipinski definition) is 1. The Balaban J connectivity index is 2.40. The summed E-state index contributed by atoms with van der Waals surface area (Å²) in [5.74, 6) is -0.516. The van der Waals surface area contributed by atoms with Crippen LogP contribution < -0.4 is 10.5 Å². The summed E-state index contributed by atoms with van der Waals surface area (Å²) in [6.45, 7) is 6.14. The minimum Gasteiger partial charge on any atom is -0.408 e. The second-order valence-electron chi connectivity index (χ2n) is 5.94. The molecule has 0 aliphatic carbocycles. The lowest BCUT2D eigenvalue weighted by atomic mass is 9.98. The Bertz CT molecular complexity index is 794. The van der Waals surface area contributed by atoms with E-state index < -0.39 is 15.8 Å². The van der Waals surface area contributed by atoms with E-state index in [0.29, 0.717) is 12.1 Å². The molecule has 110 valence electrons. The lowest BCUT2D eigenvalue weighted by Gasteiger charge is -2.18. The van der Waals surface area contributed by atoms with E-state index in [1.807, 2.05) is 20.8 Å². The van der Waals surface area contributed by atoms with Gasteiger partial charge in [-0.05, 0) is 17.5 Å². The van der Waals surface area contributed by atoms with Crippen LogP contribution in [0.15, 0.2) is 32.3 Å². The third kappa shape index (κ3) is 2.94. The molecule has 0 saturated carbocycles. The van der Waals surface area contributed by atoms with Crippen molar-refractivity contribution in [1.29, 1.82) is 0 Å². The second kappa shape index (κ2) is 4.75. The van der Waals surface area contributed by atoms with Gasteiger partial charge in [-0.25, -0.2) is 17.9 Å². The SMILES string of the molecule is Cn1c(=O)oc2cc(S(=O)(=O)NCC(C)(C)C)ccc21. The highest BCUT2D eigenvalue weighted by molar-refractivity contribution is 7.89. The number of hydrogen-bond acceptors (Lipinski definition) is 4. The molecule has 1 aromatic carbocycles. The topological polar surface area (TPSA) is 81.3 Å². The summed E-state index contributed by atoms with van der Waals surface area (Å²) in [6.07, 6.45) is 0. The highest BCUT2D eigenvalue weighted by atomic mass is 32.2. The molecule has 1 aromatic heterocycles. The summed E-state index contributed by atoms with van der Waals surface area (Å²) in [7, 11) is -2.04. The van der Waals surface area contributed by atoms with Gasteiger partial charge in [0.2, 0.25) is 10.0 Å². The van der Waals surface area contributed by atoms with Crippen LogP contribution in [-0.2, 0) is 17.1 Å². The zero-order chi connectivity index (χ0) is 15.1. The molecule has 0 aliphatic rings. The minimum atomic E-state index is -3.61. The molecular weight excluding hydrogens is 280 g/mol. The number of aryl methyl sites for hydroxylation is 1. The smallest absolute Gasteiger partial charge is 0.408 e. The maximum absolute atomic E-state index is 12.2. The molecule has 2 aromatic rings. The molecule has 20 heavy (non-hydrogen) atoms. The first kappa shape index (κ1) is 14.8. The highest BCUT2D eigenvalue weighted by Gasteiger charge is 2.19. The fourth-order valence-electron chi connectivity index (χ4n) is 1.68. The third-order valence-corrected chi connectivity index (χ3v) is 4.27. The largest absolute Gasteiger partial charge is 0.419 e. The first-order valence-electron chi connectivity index (χ1n) is 6.19. The monoisotopic (exact) mass is 298 g/mol. The summed E-state index contributed by atoms with van der Waals surface area (Å²) in [6, 6.07) is 4.38. The Hall–Kier alpha value is -1.60. The molecule has 0 bridgehead atoms. The number of nitrogens with one attached hydrogen (secondary N) is 1. The van der Waals surface area contributed by atoms with Crippen molar-refractivity contribution in [2.45, 2.75) is 25.7 Å². The van der Waals surface area contributed by atoms with Gasteiger partial charge in [-0.1, -0.05) is 20.8 Å². The first-order valence-corrected chi connectivity index (χ1v) is 7.68. The Kier molecular flexibility index (Phi) is 3.51. The standard InChI is InChI=1S/C13H18N2O4S/c1-13(2,3)8-14-20(17,18)9-5-6-10-11(7-9)19-12(16)15(10)4/h5-7,14H,8H2,1-4H3. The summed E-state index contributed by atoms with van der Waals surface area (Å²) in [4.78, 5) is 11.5. The van der Waals surface area contributed by atoms with E-state index in [0.717, 1.165) is 0 Å².